The van der Waals surface area contributed by atoms with Gasteiger partial charge in [-0.15, -0.1) is 0 Å². The molecular weight excluding hydrogens is 322 g/mol. The van der Waals surface area contributed by atoms with Gasteiger partial charge in [-0.3, -0.25) is 5.32 Å². The van der Waals surface area contributed by atoms with Gasteiger partial charge in [0.15, 0.2) is 0 Å². The molecule has 1 aromatic heterocycles. The number of hydrogen-bond donors (Lipinski definition) is 1. The fourth-order valence-corrected chi connectivity index (χ4v) is 2.87. The zero-order valence-corrected chi connectivity index (χ0v) is 13.4. The zero-order valence-electron chi connectivity index (χ0n) is 12.6. The van der Waals surface area contributed by atoms with E-state index in [1.54, 1.807) is 0 Å². The third-order valence-electron chi connectivity index (χ3n) is 3.28. The van der Waals surface area contributed by atoms with Crippen LogP contribution >= 0.6 is 11.5 Å². The lowest BCUT2D eigenvalue weighted by atomic mass is 10.1. The molecule has 24 heavy (non-hydrogen) atoms. The lowest BCUT2D eigenvalue weighted by Gasteiger charge is -2.05. The smallest absolute Gasteiger partial charge is 0.412 e. The predicted molar refractivity (Wildman–Crippen MR) is 92.5 cm³/mol. The first-order valence-corrected chi connectivity index (χ1v) is 7.98. The molecule has 1 amide bonds. The van der Waals surface area contributed by atoms with Gasteiger partial charge in [0.2, 0.25) is 0 Å². The molecule has 0 aliphatic heterocycles. The fourth-order valence-electron chi connectivity index (χ4n) is 2.12. The summed E-state index contributed by atoms with van der Waals surface area (Å²) in [7, 11) is 0. The van der Waals surface area contributed by atoms with Crippen LogP contribution < -0.4 is 5.32 Å². The van der Waals surface area contributed by atoms with E-state index in [4.69, 9.17) is 4.74 Å². The summed E-state index contributed by atoms with van der Waals surface area (Å²) in [5, 5.41) is 12.4. The minimum atomic E-state index is -0.612. The molecule has 0 unspecified atom stereocenters. The van der Waals surface area contributed by atoms with Crippen molar-refractivity contribution in [3.8, 4) is 17.3 Å². The molecule has 0 fully saturated rings. The van der Waals surface area contributed by atoms with Gasteiger partial charge in [-0.2, -0.15) is 9.64 Å². The minimum Gasteiger partial charge on any atom is -0.444 e. The van der Waals surface area contributed by atoms with E-state index in [0.29, 0.717) is 16.3 Å². The largest absolute Gasteiger partial charge is 0.444 e. The third-order valence-corrected chi connectivity index (χ3v) is 4.04. The van der Waals surface area contributed by atoms with Crippen molar-refractivity contribution < 1.29 is 9.53 Å². The summed E-state index contributed by atoms with van der Waals surface area (Å²) in [5.74, 6) is 0. The number of nitrogens with one attached hydrogen (secondary N) is 1. The molecule has 3 aromatic rings. The highest BCUT2D eigenvalue weighted by Gasteiger charge is 2.17. The molecule has 0 aliphatic rings. The molecule has 3 rings (SSSR count). The van der Waals surface area contributed by atoms with Crippen molar-refractivity contribution in [1.29, 1.82) is 5.26 Å². The molecule has 1 heterocycles. The average molecular weight is 335 g/mol. The number of hydrogen-bond acceptors (Lipinski definition) is 5. The third kappa shape index (κ3) is 3.59. The Morgan fingerprint density at radius 1 is 1.12 bits per heavy atom. The second kappa shape index (κ2) is 7.40. The van der Waals surface area contributed by atoms with Gasteiger partial charge >= 0.3 is 6.09 Å². The Kier molecular flexibility index (Phi) is 4.84. The van der Waals surface area contributed by atoms with Crippen LogP contribution in [0.5, 0.6) is 0 Å². The number of anilines is 1. The van der Waals surface area contributed by atoms with Gasteiger partial charge in [-0.25, -0.2) is 4.79 Å². The van der Waals surface area contributed by atoms with Crippen molar-refractivity contribution in [3.63, 3.8) is 0 Å². The summed E-state index contributed by atoms with van der Waals surface area (Å²) in [4.78, 5) is 11.9. The molecule has 118 valence electrons. The van der Waals surface area contributed by atoms with Crippen LogP contribution in [-0.2, 0) is 11.3 Å². The highest BCUT2D eigenvalue weighted by Crippen LogP contribution is 2.31. The maximum Gasteiger partial charge on any atom is 0.412 e. The average Bonchev–Trinajstić information content (AvgIpc) is 3.04. The first-order chi connectivity index (χ1) is 11.8. The lowest BCUT2D eigenvalue weighted by Crippen LogP contribution is -2.13. The van der Waals surface area contributed by atoms with Crippen LogP contribution in [0.25, 0.3) is 11.3 Å². The molecule has 0 bridgehead atoms. The molecule has 5 nitrogen and oxygen atoms in total. The van der Waals surface area contributed by atoms with Crippen molar-refractivity contribution in [1.82, 2.24) is 4.37 Å². The number of carbonyl (C=O) groups is 1. The van der Waals surface area contributed by atoms with Crippen molar-refractivity contribution in [2.75, 3.05) is 5.32 Å². The molecule has 0 saturated carbocycles. The molecule has 0 atom stereocenters. The van der Waals surface area contributed by atoms with Crippen LogP contribution in [0.3, 0.4) is 0 Å². The number of benzene rings is 2. The monoisotopic (exact) mass is 335 g/mol. The first-order valence-electron chi connectivity index (χ1n) is 7.21. The van der Waals surface area contributed by atoms with Gasteiger partial charge in [0, 0.05) is 5.56 Å². The van der Waals surface area contributed by atoms with Crippen molar-refractivity contribution in [2.45, 2.75) is 6.61 Å². The summed E-state index contributed by atoms with van der Waals surface area (Å²) in [5.41, 5.74) is 2.61. The number of nitrogens with zero attached hydrogens (tertiary/aromatic N) is 2. The van der Waals surface area contributed by atoms with Gasteiger partial charge in [0.1, 0.15) is 28.9 Å². The molecular formula is C18H13N3O2S. The Hall–Kier alpha value is -3.17. The lowest BCUT2D eigenvalue weighted by molar-refractivity contribution is 0.155. The van der Waals surface area contributed by atoms with E-state index in [1.807, 2.05) is 60.7 Å². The number of nitriles is 1. The predicted octanol–water partition coefficient (Wildman–Crippen LogP) is 4.43. The number of carbonyl (C=O) groups excluding carboxylic acids is 1. The molecule has 0 aliphatic carbocycles. The van der Waals surface area contributed by atoms with Gasteiger partial charge < -0.3 is 4.74 Å². The van der Waals surface area contributed by atoms with Crippen molar-refractivity contribution in [2.24, 2.45) is 0 Å². The molecule has 0 radical (unpaired) electrons. The second-order valence-corrected chi connectivity index (χ2v) is 5.67. The minimum absolute atomic E-state index is 0.166. The molecule has 0 saturated heterocycles. The Labute approximate surface area is 143 Å². The van der Waals surface area contributed by atoms with E-state index >= 15 is 0 Å². The summed E-state index contributed by atoms with van der Waals surface area (Å²) in [6.45, 7) is 0.166. The topological polar surface area (TPSA) is 75.0 Å². The maximum absolute atomic E-state index is 11.9. The van der Waals surface area contributed by atoms with Crippen LogP contribution in [0.1, 0.15) is 11.1 Å². The Morgan fingerprint density at radius 3 is 2.46 bits per heavy atom. The van der Waals surface area contributed by atoms with Crippen LogP contribution in [-0.4, -0.2) is 10.5 Å². The first kappa shape index (κ1) is 15.7. The van der Waals surface area contributed by atoms with E-state index in [-0.39, 0.29) is 6.61 Å². The van der Waals surface area contributed by atoms with Crippen LogP contribution in [0.15, 0.2) is 60.7 Å². The van der Waals surface area contributed by atoms with Gasteiger partial charge in [0.05, 0.1) is 0 Å². The van der Waals surface area contributed by atoms with Crippen molar-refractivity contribution >= 4 is 22.6 Å². The van der Waals surface area contributed by atoms with Gasteiger partial charge in [-0.05, 0) is 17.1 Å². The van der Waals surface area contributed by atoms with E-state index in [0.717, 1.165) is 22.7 Å². The quantitative estimate of drug-likeness (QED) is 0.765. The fraction of sp³-hybridized carbons (Fsp3) is 0.0556. The van der Waals surface area contributed by atoms with E-state index in [2.05, 4.69) is 15.8 Å². The van der Waals surface area contributed by atoms with Crippen molar-refractivity contribution in [3.05, 3.63) is 71.8 Å². The number of amides is 1. The van der Waals surface area contributed by atoms with Crippen LogP contribution in [0, 0.1) is 11.3 Å². The van der Waals surface area contributed by atoms with E-state index < -0.39 is 6.09 Å². The molecule has 6 heteroatoms. The normalized spacial score (nSPS) is 9.96. The maximum atomic E-state index is 11.9. The van der Waals surface area contributed by atoms with Gasteiger partial charge in [-0.1, -0.05) is 60.7 Å². The number of ether oxygens (including phenoxy) is 1. The highest BCUT2D eigenvalue weighted by molar-refractivity contribution is 7.11. The van der Waals surface area contributed by atoms with E-state index in [9.17, 15) is 10.1 Å². The summed E-state index contributed by atoms with van der Waals surface area (Å²) in [6, 6.07) is 20.9. The summed E-state index contributed by atoms with van der Waals surface area (Å²) >= 11 is 1.06. The highest BCUT2D eigenvalue weighted by atomic mass is 32.1. The Morgan fingerprint density at radius 2 is 1.79 bits per heavy atom. The summed E-state index contributed by atoms with van der Waals surface area (Å²) in [6.07, 6.45) is -0.612. The SMILES string of the molecule is N#Cc1c(-c2ccccc2)nsc1NC(=O)OCc1ccccc1. The van der Waals surface area contributed by atoms with Gasteiger partial charge in [0.25, 0.3) is 0 Å². The molecule has 1 N–H and O–H groups in total. The zero-order chi connectivity index (χ0) is 16.8. The molecule has 2 aromatic carbocycles. The second-order valence-electron chi connectivity index (χ2n) is 4.90. The van der Waals surface area contributed by atoms with E-state index in [1.165, 1.54) is 0 Å². The number of aromatic nitrogens is 1. The standard InChI is InChI=1S/C18H13N3O2S/c19-11-15-16(14-9-5-2-6-10-14)21-24-17(15)20-18(22)23-12-13-7-3-1-4-8-13/h1-10H,12H2,(H,20,22). The Balaban J connectivity index is 1.70. The van der Waals surface area contributed by atoms with Crippen LogP contribution in [0.4, 0.5) is 9.80 Å². The summed E-state index contributed by atoms with van der Waals surface area (Å²) < 4.78 is 9.44. The van der Waals surface area contributed by atoms with Crippen LogP contribution in [0.2, 0.25) is 0 Å². The Bertz CT molecular complexity index is 870. The molecule has 0 spiro atoms. The number of rotatable bonds is 4.